The fraction of sp³-hybridized carbons (Fsp3) is 0.333. The minimum Gasteiger partial charge on any atom is -0.356 e. The lowest BCUT2D eigenvalue weighted by molar-refractivity contribution is 0.450. The van der Waals surface area contributed by atoms with Crippen molar-refractivity contribution in [2.24, 2.45) is 0 Å². The number of benzene rings is 1. The molecule has 23 heavy (non-hydrogen) atoms. The Morgan fingerprint density at radius 3 is 2.61 bits per heavy atom. The Hall–Kier alpha value is -2.35. The highest BCUT2D eigenvalue weighted by atomic mass is 32.2. The highest BCUT2D eigenvalue weighted by molar-refractivity contribution is 7.92. The van der Waals surface area contributed by atoms with E-state index in [9.17, 15) is 8.42 Å². The van der Waals surface area contributed by atoms with Crippen LogP contribution in [0.3, 0.4) is 0 Å². The van der Waals surface area contributed by atoms with E-state index in [0.717, 1.165) is 11.1 Å². The third-order valence-corrected chi connectivity index (χ3v) is 5.42. The first kappa shape index (κ1) is 15.5. The molecule has 0 saturated carbocycles. The molecule has 0 unspecified atom stereocenters. The van der Waals surface area contributed by atoms with Crippen LogP contribution in [0.5, 0.6) is 0 Å². The number of nitrogens with one attached hydrogen (secondary N) is 1. The summed E-state index contributed by atoms with van der Waals surface area (Å²) in [6.07, 6.45) is 0. The molecule has 0 radical (unpaired) electrons. The molecule has 0 fully saturated rings. The van der Waals surface area contributed by atoms with Gasteiger partial charge in [-0.3, -0.25) is 9.40 Å². The van der Waals surface area contributed by atoms with Crippen molar-refractivity contribution in [3.05, 3.63) is 35.3 Å². The summed E-state index contributed by atoms with van der Waals surface area (Å²) in [5.41, 5.74) is 2.84. The van der Waals surface area contributed by atoms with Gasteiger partial charge in [-0.25, -0.2) is 8.42 Å². The van der Waals surface area contributed by atoms with E-state index in [2.05, 4.69) is 15.0 Å². The summed E-state index contributed by atoms with van der Waals surface area (Å²) in [5.74, 6) is 0. The summed E-state index contributed by atoms with van der Waals surface area (Å²) >= 11 is 0. The van der Waals surface area contributed by atoms with Crippen LogP contribution in [0, 0.1) is 20.8 Å². The second kappa shape index (κ2) is 5.38. The summed E-state index contributed by atoms with van der Waals surface area (Å²) in [5, 5.41) is 8.99. The number of aryl methyl sites for hydroxylation is 3. The van der Waals surface area contributed by atoms with Gasteiger partial charge in [-0.2, -0.15) is 5.10 Å². The lowest BCUT2D eigenvalue weighted by Crippen LogP contribution is -2.15. The molecule has 1 aromatic carbocycles. The normalized spacial score (nSPS) is 12.0. The molecule has 0 atom stereocenters. The molecule has 0 aliphatic carbocycles. The van der Waals surface area contributed by atoms with E-state index in [1.807, 2.05) is 13.8 Å². The van der Waals surface area contributed by atoms with Crippen LogP contribution in [0.1, 0.15) is 24.0 Å². The molecule has 0 spiro atoms. The van der Waals surface area contributed by atoms with E-state index in [1.165, 1.54) is 0 Å². The van der Waals surface area contributed by atoms with Crippen LogP contribution in [0.25, 0.3) is 11.0 Å². The van der Waals surface area contributed by atoms with Crippen LogP contribution in [-0.4, -0.2) is 23.4 Å². The molecule has 2 heterocycles. The van der Waals surface area contributed by atoms with E-state index >= 15 is 0 Å². The van der Waals surface area contributed by atoms with Crippen LogP contribution in [0.2, 0.25) is 0 Å². The summed E-state index contributed by atoms with van der Waals surface area (Å²) < 4.78 is 34.8. The predicted molar refractivity (Wildman–Crippen MR) is 86.9 cm³/mol. The number of aromatic nitrogens is 3. The Balaban J connectivity index is 2.01. The van der Waals surface area contributed by atoms with Crippen LogP contribution in [0.4, 0.5) is 5.69 Å². The molecule has 0 saturated heterocycles. The SMILES string of the molecule is CCn1nc(C)c(S(=O)(=O)Nc2ccc3c(C)noc3c2)c1C. The van der Waals surface area contributed by atoms with Crippen molar-refractivity contribution >= 4 is 26.7 Å². The highest BCUT2D eigenvalue weighted by Crippen LogP contribution is 2.26. The summed E-state index contributed by atoms with van der Waals surface area (Å²) in [6.45, 7) is 7.81. The van der Waals surface area contributed by atoms with Gasteiger partial charge >= 0.3 is 0 Å². The van der Waals surface area contributed by atoms with E-state index < -0.39 is 10.0 Å². The Morgan fingerprint density at radius 2 is 1.96 bits per heavy atom. The molecule has 2 aromatic heterocycles. The molecule has 0 amide bonds. The smallest absolute Gasteiger partial charge is 0.265 e. The van der Waals surface area contributed by atoms with Crippen LogP contribution in [-0.2, 0) is 16.6 Å². The van der Waals surface area contributed by atoms with E-state index in [-0.39, 0.29) is 4.90 Å². The van der Waals surface area contributed by atoms with Crippen LogP contribution < -0.4 is 4.72 Å². The molecule has 3 aromatic rings. The van der Waals surface area contributed by atoms with Crippen molar-refractivity contribution in [1.29, 1.82) is 0 Å². The van der Waals surface area contributed by atoms with Gasteiger partial charge in [0.05, 0.1) is 22.8 Å². The predicted octanol–water partition coefficient (Wildman–Crippen LogP) is 2.77. The van der Waals surface area contributed by atoms with Gasteiger partial charge in [-0.15, -0.1) is 0 Å². The fourth-order valence-corrected chi connectivity index (χ4v) is 4.17. The number of hydrogen-bond donors (Lipinski definition) is 1. The van der Waals surface area contributed by atoms with Gasteiger partial charge in [-0.1, -0.05) is 5.16 Å². The maximum absolute atomic E-state index is 12.7. The quantitative estimate of drug-likeness (QED) is 0.792. The minimum atomic E-state index is -3.72. The number of fused-ring (bicyclic) bond motifs is 1. The zero-order valence-electron chi connectivity index (χ0n) is 13.4. The first-order chi connectivity index (χ1) is 10.8. The second-order valence-electron chi connectivity index (χ2n) is 5.40. The molecule has 122 valence electrons. The Kier molecular flexibility index (Phi) is 3.63. The summed E-state index contributed by atoms with van der Waals surface area (Å²) in [7, 11) is -3.72. The van der Waals surface area contributed by atoms with Gasteiger partial charge in [0.15, 0.2) is 5.58 Å². The monoisotopic (exact) mass is 334 g/mol. The van der Waals surface area contributed by atoms with Gasteiger partial charge in [0.2, 0.25) is 0 Å². The zero-order chi connectivity index (χ0) is 16.8. The van der Waals surface area contributed by atoms with Crippen LogP contribution >= 0.6 is 0 Å². The molecular formula is C15H18N4O3S. The fourth-order valence-electron chi connectivity index (χ4n) is 2.71. The van der Waals surface area contributed by atoms with Crippen molar-refractivity contribution in [2.75, 3.05) is 4.72 Å². The summed E-state index contributed by atoms with van der Waals surface area (Å²) in [4.78, 5) is 0.216. The Morgan fingerprint density at radius 1 is 1.22 bits per heavy atom. The number of rotatable bonds is 4. The molecule has 1 N–H and O–H groups in total. The second-order valence-corrected chi connectivity index (χ2v) is 7.02. The van der Waals surface area contributed by atoms with Gasteiger partial charge in [-0.05, 0) is 39.8 Å². The first-order valence-electron chi connectivity index (χ1n) is 7.26. The average molecular weight is 334 g/mol. The molecular weight excluding hydrogens is 316 g/mol. The number of anilines is 1. The molecule has 7 nitrogen and oxygen atoms in total. The van der Waals surface area contributed by atoms with E-state index in [0.29, 0.717) is 29.2 Å². The van der Waals surface area contributed by atoms with Gasteiger partial charge in [0, 0.05) is 18.0 Å². The standard InChI is InChI=1S/C15H18N4O3S/c1-5-19-11(4)15(10(3)16-19)23(20,21)18-12-6-7-13-9(2)17-22-14(13)8-12/h6-8,18H,5H2,1-4H3. The zero-order valence-corrected chi connectivity index (χ0v) is 14.2. The van der Waals surface area contributed by atoms with Crippen molar-refractivity contribution in [1.82, 2.24) is 14.9 Å². The minimum absolute atomic E-state index is 0.216. The molecule has 0 bridgehead atoms. The summed E-state index contributed by atoms with van der Waals surface area (Å²) in [6, 6.07) is 5.11. The molecule has 0 aliphatic rings. The topological polar surface area (TPSA) is 90.0 Å². The number of nitrogens with zero attached hydrogens (tertiary/aromatic N) is 3. The maximum Gasteiger partial charge on any atom is 0.265 e. The lowest BCUT2D eigenvalue weighted by Gasteiger charge is -2.08. The number of sulfonamides is 1. The van der Waals surface area contributed by atoms with Gasteiger partial charge < -0.3 is 4.52 Å². The third kappa shape index (κ3) is 2.59. The third-order valence-electron chi connectivity index (χ3n) is 3.79. The van der Waals surface area contributed by atoms with Crippen molar-refractivity contribution in [2.45, 2.75) is 39.1 Å². The number of hydrogen-bond acceptors (Lipinski definition) is 5. The van der Waals surface area contributed by atoms with E-state index in [1.54, 1.807) is 36.7 Å². The Labute approximate surface area is 134 Å². The average Bonchev–Trinajstić information content (AvgIpc) is 2.98. The molecule has 0 aliphatic heterocycles. The highest BCUT2D eigenvalue weighted by Gasteiger charge is 2.24. The van der Waals surface area contributed by atoms with Crippen molar-refractivity contribution < 1.29 is 12.9 Å². The maximum atomic E-state index is 12.7. The molecule has 8 heteroatoms. The van der Waals surface area contributed by atoms with Gasteiger partial charge in [0.25, 0.3) is 10.0 Å². The van der Waals surface area contributed by atoms with Gasteiger partial charge in [0.1, 0.15) is 4.90 Å². The molecule has 3 rings (SSSR count). The lowest BCUT2D eigenvalue weighted by atomic mass is 10.2. The Bertz CT molecular complexity index is 986. The van der Waals surface area contributed by atoms with Crippen LogP contribution in [0.15, 0.2) is 27.6 Å². The first-order valence-corrected chi connectivity index (χ1v) is 8.74. The van der Waals surface area contributed by atoms with Crippen molar-refractivity contribution in [3.8, 4) is 0 Å². The van der Waals surface area contributed by atoms with Crippen molar-refractivity contribution in [3.63, 3.8) is 0 Å². The largest absolute Gasteiger partial charge is 0.356 e. The van der Waals surface area contributed by atoms with E-state index in [4.69, 9.17) is 4.52 Å².